The average molecular weight is 499 g/mol. The van der Waals surface area contributed by atoms with Crippen molar-refractivity contribution < 1.29 is 5.11 Å². The van der Waals surface area contributed by atoms with Gasteiger partial charge in [0.2, 0.25) is 5.95 Å². The summed E-state index contributed by atoms with van der Waals surface area (Å²) in [5.41, 5.74) is 4.78. The molecule has 1 aromatic heterocycles. The molecule has 0 bridgehead atoms. The van der Waals surface area contributed by atoms with Crippen molar-refractivity contribution in [1.82, 2.24) is 14.5 Å². The predicted molar refractivity (Wildman–Crippen MR) is 156 cm³/mol. The van der Waals surface area contributed by atoms with Crippen LogP contribution in [-0.2, 0) is 6.54 Å². The molecule has 5 heteroatoms. The van der Waals surface area contributed by atoms with Crippen LogP contribution in [0.25, 0.3) is 16.7 Å². The number of para-hydroxylation sites is 2. The highest BCUT2D eigenvalue weighted by Crippen LogP contribution is 2.33. The topological polar surface area (TPSA) is 53.3 Å². The Labute approximate surface area is 222 Å². The molecular weight excluding hydrogens is 456 g/mol. The maximum Gasteiger partial charge on any atom is 0.213 e. The van der Waals surface area contributed by atoms with Gasteiger partial charge in [0.15, 0.2) is 0 Å². The van der Waals surface area contributed by atoms with E-state index < -0.39 is 0 Å². The molecule has 0 unspecified atom stereocenters. The van der Waals surface area contributed by atoms with Crippen LogP contribution in [0.4, 0.5) is 11.6 Å². The van der Waals surface area contributed by atoms with Gasteiger partial charge in [-0.1, -0.05) is 88.8 Å². The summed E-state index contributed by atoms with van der Waals surface area (Å²) in [6.45, 7) is 7.32. The lowest BCUT2D eigenvalue weighted by molar-refractivity contribution is 0.250. The number of rotatable bonds is 15. The fourth-order valence-electron chi connectivity index (χ4n) is 4.94. The Kier molecular flexibility index (Phi) is 10.0. The number of aromatic hydroxyl groups is 1. The molecule has 0 fully saturated rings. The van der Waals surface area contributed by atoms with Crippen molar-refractivity contribution in [2.45, 2.75) is 71.8 Å². The van der Waals surface area contributed by atoms with E-state index in [9.17, 15) is 5.11 Å². The van der Waals surface area contributed by atoms with Gasteiger partial charge >= 0.3 is 0 Å². The number of fused-ring (bicyclic) bond motifs is 1. The summed E-state index contributed by atoms with van der Waals surface area (Å²) < 4.78 is 2.15. The highest BCUT2D eigenvalue weighted by molar-refractivity contribution is 5.87. The van der Waals surface area contributed by atoms with Crippen LogP contribution in [0.2, 0.25) is 0 Å². The lowest BCUT2D eigenvalue weighted by Crippen LogP contribution is -2.26. The van der Waals surface area contributed by atoms with E-state index in [-0.39, 0.29) is 0 Å². The van der Waals surface area contributed by atoms with Crippen molar-refractivity contribution in [3.63, 3.8) is 0 Å². The molecule has 0 amide bonds. The predicted octanol–water partition coefficient (Wildman–Crippen LogP) is 8.44. The summed E-state index contributed by atoms with van der Waals surface area (Å²) in [6.07, 6.45) is 9.93. The van der Waals surface area contributed by atoms with Gasteiger partial charge in [-0.15, -0.1) is 0 Å². The summed E-state index contributed by atoms with van der Waals surface area (Å²) in [4.78, 5) is 7.60. The third-order valence-corrected chi connectivity index (χ3v) is 6.99. The number of hydrogen-bond donors (Lipinski definition) is 2. The highest BCUT2D eigenvalue weighted by Gasteiger charge is 2.20. The number of phenols is 1. The van der Waals surface area contributed by atoms with Crippen molar-refractivity contribution in [3.05, 3.63) is 78.4 Å². The second kappa shape index (κ2) is 13.8. The summed E-state index contributed by atoms with van der Waals surface area (Å²) >= 11 is 0. The largest absolute Gasteiger partial charge is 0.508 e. The fourth-order valence-corrected chi connectivity index (χ4v) is 4.94. The Morgan fingerprint density at radius 2 is 1.38 bits per heavy atom. The van der Waals surface area contributed by atoms with E-state index >= 15 is 0 Å². The van der Waals surface area contributed by atoms with Crippen LogP contribution in [0.15, 0.2) is 72.8 Å². The third kappa shape index (κ3) is 7.14. The molecular formula is C32H42N4O. The molecule has 0 aliphatic carbocycles. The van der Waals surface area contributed by atoms with Gasteiger partial charge in [-0.3, -0.25) is 9.47 Å². The lowest BCUT2D eigenvalue weighted by Gasteiger charge is -2.23. The summed E-state index contributed by atoms with van der Waals surface area (Å²) in [6, 6.07) is 24.3. The average Bonchev–Trinajstić information content (AvgIpc) is 3.29. The molecule has 0 spiro atoms. The van der Waals surface area contributed by atoms with Crippen LogP contribution in [0.5, 0.6) is 5.75 Å². The van der Waals surface area contributed by atoms with Crippen molar-refractivity contribution >= 4 is 22.7 Å². The van der Waals surface area contributed by atoms with Gasteiger partial charge in [0.25, 0.3) is 0 Å². The Morgan fingerprint density at radius 1 is 0.757 bits per heavy atom. The molecule has 4 rings (SSSR count). The summed E-state index contributed by atoms with van der Waals surface area (Å²) in [7, 11) is 0. The van der Waals surface area contributed by atoms with E-state index in [1.807, 2.05) is 60.7 Å². The first kappa shape index (κ1) is 26.7. The van der Waals surface area contributed by atoms with Gasteiger partial charge in [0.05, 0.1) is 11.0 Å². The molecule has 0 atom stereocenters. The molecule has 4 aromatic rings. The molecule has 2 N–H and O–H groups in total. The van der Waals surface area contributed by atoms with Crippen molar-refractivity contribution in [2.75, 3.05) is 18.4 Å². The first-order valence-electron chi connectivity index (χ1n) is 14.0. The molecule has 0 saturated heterocycles. The van der Waals surface area contributed by atoms with E-state index in [1.54, 1.807) is 0 Å². The van der Waals surface area contributed by atoms with Crippen LogP contribution in [-0.4, -0.2) is 32.6 Å². The van der Waals surface area contributed by atoms with Crippen LogP contribution < -0.4 is 5.32 Å². The number of anilines is 2. The van der Waals surface area contributed by atoms with Crippen molar-refractivity contribution in [2.24, 2.45) is 0 Å². The Hall–Kier alpha value is -3.31. The standard InChI is InChI=1S/C32H42N4O/c1-3-5-7-15-23-35(24-16-8-6-4-2)25-28-30(37)22-21-29-31(28)34-32(33-26-17-11-9-12-18-26)36(29)27-19-13-10-14-20-27/h9-14,17-22,37H,3-8,15-16,23-25H2,1-2H3,(H,33,34). The second-order valence-corrected chi connectivity index (χ2v) is 9.93. The molecule has 196 valence electrons. The van der Waals surface area contributed by atoms with Crippen LogP contribution in [0.3, 0.4) is 0 Å². The normalized spacial score (nSPS) is 11.4. The smallest absolute Gasteiger partial charge is 0.213 e. The Morgan fingerprint density at radius 3 is 2.00 bits per heavy atom. The van der Waals surface area contributed by atoms with E-state index in [2.05, 4.69) is 40.8 Å². The quantitative estimate of drug-likeness (QED) is 0.161. The van der Waals surface area contributed by atoms with Crippen LogP contribution in [0.1, 0.15) is 70.8 Å². The van der Waals surface area contributed by atoms with Crippen molar-refractivity contribution in [1.29, 1.82) is 0 Å². The monoisotopic (exact) mass is 498 g/mol. The van der Waals surface area contributed by atoms with Gasteiger partial charge < -0.3 is 10.4 Å². The summed E-state index contributed by atoms with van der Waals surface area (Å²) in [5.74, 6) is 1.07. The first-order chi connectivity index (χ1) is 18.2. The zero-order valence-corrected chi connectivity index (χ0v) is 22.5. The molecule has 0 aliphatic rings. The van der Waals surface area contributed by atoms with Crippen LogP contribution >= 0.6 is 0 Å². The second-order valence-electron chi connectivity index (χ2n) is 9.93. The van der Waals surface area contributed by atoms with Gasteiger partial charge in [0, 0.05) is 23.5 Å². The van der Waals surface area contributed by atoms with E-state index in [4.69, 9.17) is 4.98 Å². The lowest BCUT2D eigenvalue weighted by atomic mass is 10.1. The minimum Gasteiger partial charge on any atom is -0.508 e. The SMILES string of the molecule is CCCCCCN(CCCCCC)Cc1c(O)ccc2c1nc(Nc1ccccc1)n2-c1ccccc1. The molecule has 0 saturated carbocycles. The minimum atomic E-state index is 0.323. The molecule has 1 heterocycles. The molecule has 3 aromatic carbocycles. The van der Waals surface area contributed by atoms with Gasteiger partial charge in [-0.25, -0.2) is 4.98 Å². The zero-order chi connectivity index (χ0) is 25.9. The number of phenolic OH excluding ortho intramolecular Hbond substituents is 1. The fraction of sp³-hybridized carbons (Fsp3) is 0.406. The number of benzene rings is 3. The van der Waals surface area contributed by atoms with Gasteiger partial charge in [-0.2, -0.15) is 0 Å². The van der Waals surface area contributed by atoms with Crippen molar-refractivity contribution in [3.8, 4) is 11.4 Å². The Balaban J connectivity index is 1.70. The minimum absolute atomic E-state index is 0.323. The van der Waals surface area contributed by atoms with Crippen LogP contribution in [0, 0.1) is 0 Å². The van der Waals surface area contributed by atoms with E-state index in [0.29, 0.717) is 12.3 Å². The highest BCUT2D eigenvalue weighted by atomic mass is 16.3. The molecule has 5 nitrogen and oxygen atoms in total. The van der Waals surface area contributed by atoms with Gasteiger partial charge in [-0.05, 0) is 62.3 Å². The first-order valence-corrected chi connectivity index (χ1v) is 14.0. The number of hydrogen-bond acceptors (Lipinski definition) is 4. The number of nitrogens with one attached hydrogen (secondary N) is 1. The van der Waals surface area contributed by atoms with E-state index in [1.165, 1.54) is 51.4 Å². The number of aromatic nitrogens is 2. The summed E-state index contributed by atoms with van der Waals surface area (Å²) in [5, 5.41) is 14.6. The molecule has 0 radical (unpaired) electrons. The maximum atomic E-state index is 11.0. The zero-order valence-electron chi connectivity index (χ0n) is 22.5. The van der Waals surface area contributed by atoms with Gasteiger partial charge in [0.1, 0.15) is 5.75 Å². The number of nitrogens with zero attached hydrogens (tertiary/aromatic N) is 3. The number of unbranched alkanes of at least 4 members (excludes halogenated alkanes) is 6. The maximum absolute atomic E-state index is 11.0. The molecule has 37 heavy (non-hydrogen) atoms. The number of imidazole rings is 1. The Bertz CT molecular complexity index is 1210. The third-order valence-electron chi connectivity index (χ3n) is 6.99. The molecule has 0 aliphatic heterocycles. The van der Waals surface area contributed by atoms with E-state index in [0.717, 1.165) is 47.0 Å².